The van der Waals surface area contributed by atoms with Gasteiger partial charge in [-0.05, 0) is 29.8 Å². The van der Waals surface area contributed by atoms with Crippen molar-refractivity contribution in [1.29, 1.82) is 0 Å². The maximum absolute atomic E-state index is 11.6. The fourth-order valence-corrected chi connectivity index (χ4v) is 3.68. The lowest BCUT2D eigenvalue weighted by Gasteiger charge is -2.41. The number of rotatable bonds is 7. The number of likely N-dealkylation sites (tertiary alicyclic amines) is 1. The fraction of sp³-hybridized carbons (Fsp3) is 0.375. The third-order valence-corrected chi connectivity index (χ3v) is 4.85. The second kappa shape index (κ2) is 10.8. The molecule has 1 heterocycles. The van der Waals surface area contributed by atoms with Gasteiger partial charge in [-0.3, -0.25) is 19.3 Å². The van der Waals surface area contributed by atoms with E-state index in [9.17, 15) is 14.4 Å². The lowest BCUT2D eigenvalue weighted by Crippen LogP contribution is -2.58. The van der Waals surface area contributed by atoms with Crippen LogP contribution < -0.4 is 4.74 Å². The van der Waals surface area contributed by atoms with E-state index in [1.807, 2.05) is 59.5 Å². The Bertz CT molecular complexity index is 903. The average molecular weight is 441 g/mol. The molecule has 0 aromatic heterocycles. The van der Waals surface area contributed by atoms with Crippen molar-refractivity contribution in [2.45, 2.75) is 45.6 Å². The van der Waals surface area contributed by atoms with Crippen LogP contribution >= 0.6 is 0 Å². The highest BCUT2D eigenvalue weighted by Gasteiger charge is 2.43. The summed E-state index contributed by atoms with van der Waals surface area (Å²) in [5, 5.41) is 0. The first-order chi connectivity index (χ1) is 15.3. The minimum absolute atomic E-state index is 0.331. The monoisotopic (exact) mass is 441 g/mol. The van der Waals surface area contributed by atoms with E-state index in [0.717, 1.165) is 11.3 Å². The predicted octanol–water partition coefficient (Wildman–Crippen LogP) is 3.09. The molecule has 3 atom stereocenters. The largest absolute Gasteiger partial charge is 0.457 e. The summed E-state index contributed by atoms with van der Waals surface area (Å²) in [6.07, 6.45) is -2.37. The van der Waals surface area contributed by atoms with Gasteiger partial charge in [0.2, 0.25) is 0 Å². The van der Waals surface area contributed by atoms with Crippen LogP contribution in [-0.4, -0.2) is 54.2 Å². The van der Waals surface area contributed by atoms with Crippen molar-refractivity contribution < 1.29 is 33.3 Å². The first-order valence-electron chi connectivity index (χ1n) is 10.4. The fourth-order valence-electron chi connectivity index (χ4n) is 3.68. The van der Waals surface area contributed by atoms with E-state index in [-0.39, 0.29) is 0 Å². The summed E-state index contributed by atoms with van der Waals surface area (Å²) in [6, 6.07) is 17.1. The molecule has 1 fully saturated rings. The van der Waals surface area contributed by atoms with Crippen molar-refractivity contribution >= 4 is 17.9 Å². The maximum atomic E-state index is 11.6. The highest BCUT2D eigenvalue weighted by Crippen LogP contribution is 2.25. The summed E-state index contributed by atoms with van der Waals surface area (Å²) in [6.45, 7) is 5.02. The lowest BCUT2D eigenvalue weighted by molar-refractivity contribution is -0.195. The van der Waals surface area contributed by atoms with Crippen molar-refractivity contribution in [2.75, 3.05) is 13.1 Å². The molecule has 2 aromatic carbocycles. The Hall–Kier alpha value is -3.39. The zero-order valence-corrected chi connectivity index (χ0v) is 18.4. The second-order valence-corrected chi connectivity index (χ2v) is 7.62. The highest BCUT2D eigenvalue weighted by molar-refractivity contribution is 5.68. The number of para-hydroxylation sites is 1. The summed E-state index contributed by atoms with van der Waals surface area (Å²) < 4.78 is 22.0. The van der Waals surface area contributed by atoms with E-state index in [1.54, 1.807) is 0 Å². The number of hydrogen-bond donors (Lipinski definition) is 0. The van der Waals surface area contributed by atoms with Crippen LogP contribution in [0.15, 0.2) is 54.6 Å². The molecule has 3 rings (SSSR count). The van der Waals surface area contributed by atoms with Crippen LogP contribution in [0.5, 0.6) is 11.5 Å². The van der Waals surface area contributed by atoms with Crippen LogP contribution in [0.2, 0.25) is 0 Å². The van der Waals surface area contributed by atoms with Crippen molar-refractivity contribution in [3.05, 3.63) is 60.2 Å². The predicted molar refractivity (Wildman–Crippen MR) is 115 cm³/mol. The van der Waals surface area contributed by atoms with Crippen molar-refractivity contribution in [1.82, 2.24) is 4.90 Å². The number of carbonyl (C=O) groups is 3. The molecule has 1 unspecified atom stereocenters. The zero-order chi connectivity index (χ0) is 23.1. The van der Waals surface area contributed by atoms with Gasteiger partial charge in [0.15, 0.2) is 18.3 Å². The number of ether oxygens (including phenoxy) is 4. The van der Waals surface area contributed by atoms with Crippen LogP contribution in [0.1, 0.15) is 26.3 Å². The Balaban J connectivity index is 1.71. The maximum Gasteiger partial charge on any atom is 0.303 e. The minimum Gasteiger partial charge on any atom is -0.457 e. The van der Waals surface area contributed by atoms with Gasteiger partial charge < -0.3 is 18.9 Å². The molecule has 8 heteroatoms. The van der Waals surface area contributed by atoms with Gasteiger partial charge in [-0.15, -0.1) is 0 Å². The molecular weight excluding hydrogens is 414 g/mol. The first-order valence-corrected chi connectivity index (χ1v) is 10.4. The molecule has 1 aliphatic rings. The van der Waals surface area contributed by atoms with Crippen LogP contribution in [0, 0.1) is 0 Å². The molecule has 0 aliphatic carbocycles. The number of hydrogen-bond acceptors (Lipinski definition) is 8. The standard InChI is InChI=1S/C24H27NO7/c1-16(26)29-22-14-25(15-23(30-17(2)27)24(22)31-18(3)28)13-19-9-11-21(12-10-19)32-20-7-5-4-6-8-20/h4-12,22-24H,13-15H2,1-3H3/t22-,23+,24?. The van der Waals surface area contributed by atoms with Gasteiger partial charge in [0, 0.05) is 40.4 Å². The quantitative estimate of drug-likeness (QED) is 0.478. The van der Waals surface area contributed by atoms with Crippen molar-refractivity contribution in [3.8, 4) is 11.5 Å². The molecule has 2 aromatic rings. The van der Waals surface area contributed by atoms with E-state index in [1.165, 1.54) is 20.8 Å². The van der Waals surface area contributed by atoms with Crippen molar-refractivity contribution in [2.24, 2.45) is 0 Å². The number of benzene rings is 2. The molecule has 1 aliphatic heterocycles. The molecule has 1 saturated heterocycles. The molecule has 0 radical (unpaired) electrons. The van der Waals surface area contributed by atoms with Gasteiger partial charge in [-0.25, -0.2) is 0 Å². The molecule has 0 bridgehead atoms. The molecule has 0 amide bonds. The Kier molecular flexibility index (Phi) is 7.83. The van der Waals surface area contributed by atoms with Gasteiger partial charge in [0.05, 0.1) is 0 Å². The number of esters is 3. The Morgan fingerprint density at radius 2 is 1.25 bits per heavy atom. The van der Waals surface area contributed by atoms with E-state index >= 15 is 0 Å². The summed E-state index contributed by atoms with van der Waals surface area (Å²) in [5.41, 5.74) is 1.000. The summed E-state index contributed by atoms with van der Waals surface area (Å²) in [7, 11) is 0. The molecular formula is C24H27NO7. The summed E-state index contributed by atoms with van der Waals surface area (Å²) in [4.78, 5) is 36.8. The molecule has 0 saturated carbocycles. The Morgan fingerprint density at radius 1 is 0.750 bits per heavy atom. The summed E-state index contributed by atoms with van der Waals surface area (Å²) in [5.74, 6) is -0.0759. The number of nitrogens with zero attached hydrogens (tertiary/aromatic N) is 1. The van der Waals surface area contributed by atoms with Gasteiger partial charge >= 0.3 is 17.9 Å². The molecule has 8 nitrogen and oxygen atoms in total. The van der Waals surface area contributed by atoms with E-state index in [4.69, 9.17) is 18.9 Å². The third-order valence-electron chi connectivity index (χ3n) is 4.85. The summed E-state index contributed by atoms with van der Waals surface area (Å²) >= 11 is 0. The van der Waals surface area contributed by atoms with Gasteiger partial charge in [0.25, 0.3) is 0 Å². The highest BCUT2D eigenvalue weighted by atomic mass is 16.6. The molecule has 0 spiro atoms. The third kappa shape index (κ3) is 6.81. The molecule has 0 N–H and O–H groups in total. The Morgan fingerprint density at radius 3 is 1.75 bits per heavy atom. The van der Waals surface area contributed by atoms with Crippen LogP contribution in [0.4, 0.5) is 0 Å². The smallest absolute Gasteiger partial charge is 0.303 e. The minimum atomic E-state index is -0.863. The SMILES string of the molecule is CC(=O)OC1[C@@H](OC(C)=O)CN(Cc2ccc(Oc3ccccc3)cc2)C[C@H]1OC(C)=O. The molecule has 170 valence electrons. The second-order valence-electron chi connectivity index (χ2n) is 7.62. The van der Waals surface area contributed by atoms with E-state index in [2.05, 4.69) is 0 Å². The Labute approximate surface area is 187 Å². The molecule has 32 heavy (non-hydrogen) atoms. The van der Waals surface area contributed by atoms with Gasteiger partial charge in [-0.1, -0.05) is 30.3 Å². The van der Waals surface area contributed by atoms with E-state index < -0.39 is 36.2 Å². The zero-order valence-electron chi connectivity index (χ0n) is 18.4. The van der Waals surface area contributed by atoms with Crippen LogP contribution in [-0.2, 0) is 35.1 Å². The number of piperidine rings is 1. The van der Waals surface area contributed by atoms with Gasteiger partial charge in [0.1, 0.15) is 11.5 Å². The topological polar surface area (TPSA) is 91.4 Å². The first kappa shape index (κ1) is 23.3. The van der Waals surface area contributed by atoms with Crippen LogP contribution in [0.25, 0.3) is 0 Å². The average Bonchev–Trinajstić information content (AvgIpc) is 2.72. The lowest BCUT2D eigenvalue weighted by atomic mass is 10.00. The van der Waals surface area contributed by atoms with Crippen LogP contribution in [0.3, 0.4) is 0 Å². The number of carbonyl (C=O) groups excluding carboxylic acids is 3. The normalized spacial score (nSPS) is 20.8. The van der Waals surface area contributed by atoms with Gasteiger partial charge in [-0.2, -0.15) is 0 Å². The van der Waals surface area contributed by atoms with Crippen molar-refractivity contribution in [3.63, 3.8) is 0 Å². The van der Waals surface area contributed by atoms with E-state index in [0.29, 0.717) is 25.4 Å².